The monoisotopic (exact) mass is 395 g/mol. The van der Waals surface area contributed by atoms with E-state index in [1.807, 2.05) is 26.8 Å². The van der Waals surface area contributed by atoms with E-state index in [9.17, 15) is 9.59 Å². The molecule has 29 heavy (non-hydrogen) atoms. The number of aromatic amines is 1. The molecule has 2 amide bonds. The second-order valence-electron chi connectivity index (χ2n) is 6.83. The van der Waals surface area contributed by atoms with Crippen LogP contribution in [-0.4, -0.2) is 29.5 Å². The van der Waals surface area contributed by atoms with E-state index in [0.29, 0.717) is 18.1 Å². The summed E-state index contributed by atoms with van der Waals surface area (Å²) in [5.41, 5.74) is 8.25. The molecule has 3 rings (SSSR count). The van der Waals surface area contributed by atoms with Crippen molar-refractivity contribution in [2.75, 3.05) is 6.61 Å². The van der Waals surface area contributed by atoms with Crippen LogP contribution in [0.5, 0.6) is 11.5 Å². The number of benzene rings is 2. The van der Waals surface area contributed by atoms with Crippen LogP contribution in [0, 0.1) is 13.8 Å². The zero-order valence-electron chi connectivity index (χ0n) is 17.0. The zero-order chi connectivity index (χ0) is 21.0. The molecule has 0 fully saturated rings. The Bertz CT molecular complexity index is 1020. The maximum atomic E-state index is 12.4. The average molecular weight is 395 g/mol. The number of hydrazine groups is 1. The molecule has 3 N–H and O–H groups in total. The number of carbonyl (C=O) groups is 2. The predicted molar refractivity (Wildman–Crippen MR) is 111 cm³/mol. The number of aryl methyl sites for hydroxylation is 2. The summed E-state index contributed by atoms with van der Waals surface area (Å²) in [6.45, 7) is 8.08. The van der Waals surface area contributed by atoms with Crippen LogP contribution >= 0.6 is 0 Å². The predicted octanol–water partition coefficient (Wildman–Crippen LogP) is 3.41. The molecule has 2 aromatic carbocycles. The summed E-state index contributed by atoms with van der Waals surface area (Å²) >= 11 is 0. The summed E-state index contributed by atoms with van der Waals surface area (Å²) in [6.07, 6.45) is -0.791. The number of fused-ring (bicyclic) bond motifs is 1. The van der Waals surface area contributed by atoms with Gasteiger partial charge in [-0.3, -0.25) is 20.4 Å². The molecule has 1 aromatic heterocycles. The highest BCUT2D eigenvalue weighted by Crippen LogP contribution is 2.21. The molecule has 152 valence electrons. The molecule has 0 radical (unpaired) electrons. The van der Waals surface area contributed by atoms with Crippen LogP contribution in [0.3, 0.4) is 0 Å². The van der Waals surface area contributed by atoms with Gasteiger partial charge in [-0.15, -0.1) is 0 Å². The van der Waals surface area contributed by atoms with Gasteiger partial charge in [0.1, 0.15) is 17.2 Å². The van der Waals surface area contributed by atoms with Crippen LogP contribution in [0.2, 0.25) is 0 Å². The number of amides is 2. The third kappa shape index (κ3) is 4.87. The van der Waals surface area contributed by atoms with E-state index >= 15 is 0 Å². The number of nitrogens with one attached hydrogen (secondary N) is 3. The fraction of sp³-hybridized carbons (Fsp3) is 0.273. The average Bonchev–Trinajstić information content (AvgIpc) is 3.12. The lowest BCUT2D eigenvalue weighted by molar-refractivity contribution is -0.128. The molecule has 0 saturated heterocycles. The Kier molecular flexibility index (Phi) is 6.07. The molecule has 0 saturated carbocycles. The molecule has 1 atom stereocenters. The maximum Gasteiger partial charge on any atom is 0.286 e. The van der Waals surface area contributed by atoms with Gasteiger partial charge in [0.25, 0.3) is 11.8 Å². The van der Waals surface area contributed by atoms with Gasteiger partial charge >= 0.3 is 0 Å². The molecule has 7 nitrogen and oxygen atoms in total. The van der Waals surface area contributed by atoms with Gasteiger partial charge in [0, 0.05) is 10.9 Å². The Hall–Kier alpha value is -3.48. The molecule has 3 aromatic rings. The van der Waals surface area contributed by atoms with Gasteiger partial charge < -0.3 is 14.5 Å². The van der Waals surface area contributed by atoms with E-state index in [-0.39, 0.29) is 0 Å². The number of carbonyl (C=O) groups excluding carboxylic acids is 2. The van der Waals surface area contributed by atoms with Gasteiger partial charge in [-0.1, -0.05) is 6.07 Å². The van der Waals surface area contributed by atoms with Crippen LogP contribution in [-0.2, 0) is 4.79 Å². The fourth-order valence-electron chi connectivity index (χ4n) is 3.05. The first kappa shape index (κ1) is 20.3. The number of aromatic nitrogens is 1. The van der Waals surface area contributed by atoms with Crippen LogP contribution in [0.4, 0.5) is 0 Å². The first-order chi connectivity index (χ1) is 13.9. The van der Waals surface area contributed by atoms with Gasteiger partial charge in [-0.2, -0.15) is 0 Å². The standard InChI is InChI=1S/C22H25N3O4/c1-5-28-16-6-8-17(9-7-16)29-15(4)21(26)24-25-22(27)20-12-18-14(3)10-13(2)11-19(18)23-20/h6-12,15,23H,5H2,1-4H3,(H,24,26)(H,25,27). The first-order valence-electron chi connectivity index (χ1n) is 9.47. The van der Waals surface area contributed by atoms with Gasteiger partial charge in [0.15, 0.2) is 6.10 Å². The van der Waals surface area contributed by atoms with Crippen molar-refractivity contribution in [3.05, 3.63) is 59.3 Å². The maximum absolute atomic E-state index is 12.4. The summed E-state index contributed by atoms with van der Waals surface area (Å²) in [4.78, 5) is 27.7. The van der Waals surface area contributed by atoms with Crippen LogP contribution in [0.25, 0.3) is 10.9 Å². The summed E-state index contributed by atoms with van der Waals surface area (Å²) < 4.78 is 11.0. The lowest BCUT2D eigenvalue weighted by Gasteiger charge is -2.15. The van der Waals surface area contributed by atoms with Crippen LogP contribution in [0.1, 0.15) is 35.5 Å². The SMILES string of the molecule is CCOc1ccc(OC(C)C(=O)NNC(=O)c2cc3c(C)cc(C)cc3[nH]2)cc1. The molecule has 1 unspecified atom stereocenters. The van der Waals surface area contributed by atoms with Gasteiger partial charge in [0.05, 0.1) is 6.61 Å². The van der Waals surface area contributed by atoms with Crippen molar-refractivity contribution in [2.45, 2.75) is 33.8 Å². The Morgan fingerprint density at radius 1 is 1.03 bits per heavy atom. The summed E-state index contributed by atoms with van der Waals surface area (Å²) in [6, 6.07) is 12.8. The van der Waals surface area contributed by atoms with Crippen molar-refractivity contribution < 1.29 is 19.1 Å². The van der Waals surface area contributed by atoms with Crippen molar-refractivity contribution in [2.24, 2.45) is 0 Å². The van der Waals surface area contributed by atoms with Crippen molar-refractivity contribution in [1.82, 2.24) is 15.8 Å². The van der Waals surface area contributed by atoms with Crippen molar-refractivity contribution >= 4 is 22.7 Å². The molecule has 0 aliphatic rings. The van der Waals surface area contributed by atoms with Gasteiger partial charge in [-0.05, 0) is 75.2 Å². The number of rotatable bonds is 6. The summed E-state index contributed by atoms with van der Waals surface area (Å²) in [5.74, 6) is 0.368. The Morgan fingerprint density at radius 2 is 1.72 bits per heavy atom. The molecule has 0 aliphatic heterocycles. The van der Waals surface area contributed by atoms with Gasteiger partial charge in [-0.25, -0.2) is 0 Å². The number of H-pyrrole nitrogens is 1. The molecule has 0 aliphatic carbocycles. The van der Waals surface area contributed by atoms with E-state index in [1.54, 1.807) is 37.3 Å². The second-order valence-corrected chi connectivity index (χ2v) is 6.83. The highest BCUT2D eigenvalue weighted by atomic mass is 16.5. The highest BCUT2D eigenvalue weighted by molar-refractivity contribution is 5.99. The summed E-state index contributed by atoms with van der Waals surface area (Å²) in [5, 5.41) is 0.972. The first-order valence-corrected chi connectivity index (χ1v) is 9.47. The Morgan fingerprint density at radius 3 is 2.41 bits per heavy atom. The van der Waals surface area contributed by atoms with Crippen LogP contribution < -0.4 is 20.3 Å². The largest absolute Gasteiger partial charge is 0.494 e. The fourth-order valence-corrected chi connectivity index (χ4v) is 3.05. The van der Waals surface area contributed by atoms with E-state index in [0.717, 1.165) is 27.8 Å². The minimum absolute atomic E-state index is 0.370. The lowest BCUT2D eigenvalue weighted by Crippen LogP contribution is -2.47. The Balaban J connectivity index is 1.56. The van der Waals surface area contributed by atoms with E-state index in [2.05, 4.69) is 21.9 Å². The highest BCUT2D eigenvalue weighted by Gasteiger charge is 2.17. The number of hydrogen-bond acceptors (Lipinski definition) is 4. The van der Waals surface area contributed by atoms with Crippen molar-refractivity contribution in [3.8, 4) is 11.5 Å². The van der Waals surface area contributed by atoms with Crippen LogP contribution in [0.15, 0.2) is 42.5 Å². The number of hydrogen-bond donors (Lipinski definition) is 3. The van der Waals surface area contributed by atoms with E-state index in [4.69, 9.17) is 9.47 Å². The lowest BCUT2D eigenvalue weighted by atomic mass is 10.1. The summed E-state index contributed by atoms with van der Waals surface area (Å²) in [7, 11) is 0. The van der Waals surface area contributed by atoms with Gasteiger partial charge in [0.2, 0.25) is 0 Å². The molecular weight excluding hydrogens is 370 g/mol. The van der Waals surface area contributed by atoms with Crippen molar-refractivity contribution in [1.29, 1.82) is 0 Å². The van der Waals surface area contributed by atoms with E-state index in [1.165, 1.54) is 0 Å². The topological polar surface area (TPSA) is 92.4 Å². The molecule has 1 heterocycles. The van der Waals surface area contributed by atoms with Crippen molar-refractivity contribution in [3.63, 3.8) is 0 Å². The third-order valence-electron chi connectivity index (χ3n) is 4.45. The molecular formula is C22H25N3O4. The molecule has 0 spiro atoms. The number of ether oxygens (including phenoxy) is 2. The molecule has 7 heteroatoms. The zero-order valence-corrected chi connectivity index (χ0v) is 17.0. The molecule has 0 bridgehead atoms. The quantitative estimate of drug-likeness (QED) is 0.558. The minimum atomic E-state index is -0.791. The normalized spacial score (nSPS) is 11.7. The third-order valence-corrected chi connectivity index (χ3v) is 4.45. The second kappa shape index (κ2) is 8.68. The van der Waals surface area contributed by atoms with E-state index < -0.39 is 17.9 Å². The smallest absolute Gasteiger partial charge is 0.286 e. The Labute approximate surface area is 169 Å². The minimum Gasteiger partial charge on any atom is -0.494 e.